The molecule has 0 radical (unpaired) electrons. The number of rotatable bonds is 12. The van der Waals surface area contributed by atoms with Crippen LogP contribution in [0.25, 0.3) is 0 Å². The van der Waals surface area contributed by atoms with Crippen LogP contribution in [0.4, 0.5) is 5.69 Å². The highest BCUT2D eigenvalue weighted by Crippen LogP contribution is 2.27. The molecule has 0 saturated carbocycles. The summed E-state index contributed by atoms with van der Waals surface area (Å²) in [6.45, 7) is 5.15. The molecule has 0 bridgehead atoms. The second kappa shape index (κ2) is 14.0. The standard InChI is InChI=1S/C30H35Cl2N3O4S/c1-5-22(3)33-30(37)28(17-23-10-7-6-8-11-23)34(19-24-12-9-13-25(31)16-24)29(36)20-35(40(4,38)39)27-18-26(32)15-14-21(27)2/h6-16,18,22,28H,5,17,19-20H2,1-4H3,(H,33,37). The van der Waals surface area contributed by atoms with Crippen molar-refractivity contribution in [2.24, 2.45) is 0 Å². The number of carbonyl (C=O) groups excluding carboxylic acids is 2. The number of aryl methyl sites for hydroxylation is 1. The van der Waals surface area contributed by atoms with Gasteiger partial charge in [0.1, 0.15) is 12.6 Å². The van der Waals surface area contributed by atoms with Crippen LogP contribution in [0, 0.1) is 6.92 Å². The Hall–Kier alpha value is -3.07. The van der Waals surface area contributed by atoms with E-state index in [1.807, 2.05) is 50.2 Å². The van der Waals surface area contributed by atoms with Crippen molar-refractivity contribution in [1.29, 1.82) is 0 Å². The van der Waals surface area contributed by atoms with Gasteiger partial charge in [-0.3, -0.25) is 13.9 Å². The Morgan fingerprint density at radius 2 is 1.57 bits per heavy atom. The highest BCUT2D eigenvalue weighted by molar-refractivity contribution is 7.92. The highest BCUT2D eigenvalue weighted by Gasteiger charge is 2.33. The molecular weight excluding hydrogens is 569 g/mol. The van der Waals surface area contributed by atoms with E-state index in [9.17, 15) is 18.0 Å². The van der Waals surface area contributed by atoms with Crippen molar-refractivity contribution in [2.45, 2.75) is 52.2 Å². The van der Waals surface area contributed by atoms with Crippen LogP contribution in [-0.2, 0) is 32.6 Å². The number of benzene rings is 3. The van der Waals surface area contributed by atoms with Gasteiger partial charge in [-0.1, -0.05) is 78.7 Å². The number of sulfonamides is 1. The smallest absolute Gasteiger partial charge is 0.244 e. The summed E-state index contributed by atoms with van der Waals surface area (Å²) >= 11 is 12.4. The zero-order valence-electron chi connectivity index (χ0n) is 23.1. The lowest BCUT2D eigenvalue weighted by molar-refractivity contribution is -0.140. The van der Waals surface area contributed by atoms with Crippen LogP contribution in [0.5, 0.6) is 0 Å². The number of anilines is 1. The first-order chi connectivity index (χ1) is 18.9. The van der Waals surface area contributed by atoms with Crippen molar-refractivity contribution in [3.05, 3.63) is 99.5 Å². The minimum atomic E-state index is -3.89. The van der Waals surface area contributed by atoms with Crippen LogP contribution in [0.1, 0.15) is 37.0 Å². The third-order valence-corrected chi connectivity index (χ3v) is 8.23. The number of halogens is 2. The number of amides is 2. The molecule has 0 saturated heterocycles. The van der Waals surface area contributed by atoms with E-state index in [4.69, 9.17) is 23.2 Å². The molecule has 0 aromatic heterocycles. The van der Waals surface area contributed by atoms with Crippen molar-refractivity contribution >= 4 is 50.7 Å². The number of carbonyl (C=O) groups is 2. The largest absolute Gasteiger partial charge is 0.352 e. The molecule has 1 N–H and O–H groups in total. The maximum absolute atomic E-state index is 14.1. The van der Waals surface area contributed by atoms with E-state index in [0.29, 0.717) is 33.3 Å². The van der Waals surface area contributed by atoms with Crippen molar-refractivity contribution in [3.8, 4) is 0 Å². The van der Waals surface area contributed by atoms with E-state index in [1.165, 1.54) is 11.0 Å². The molecule has 214 valence electrons. The van der Waals surface area contributed by atoms with Gasteiger partial charge in [0.2, 0.25) is 21.8 Å². The van der Waals surface area contributed by atoms with Gasteiger partial charge in [0, 0.05) is 29.1 Å². The lowest BCUT2D eigenvalue weighted by Crippen LogP contribution is -2.54. The summed E-state index contributed by atoms with van der Waals surface area (Å²) in [7, 11) is -3.89. The number of hydrogen-bond acceptors (Lipinski definition) is 4. The van der Waals surface area contributed by atoms with Crippen LogP contribution in [0.15, 0.2) is 72.8 Å². The van der Waals surface area contributed by atoms with Gasteiger partial charge in [-0.25, -0.2) is 8.42 Å². The molecule has 2 amide bonds. The second-order valence-electron chi connectivity index (χ2n) is 9.88. The molecule has 2 unspecified atom stereocenters. The summed E-state index contributed by atoms with van der Waals surface area (Å²) in [6, 6.07) is 20.3. The van der Waals surface area contributed by atoms with Crippen molar-refractivity contribution in [1.82, 2.24) is 10.2 Å². The maximum atomic E-state index is 14.1. The molecule has 40 heavy (non-hydrogen) atoms. The molecule has 7 nitrogen and oxygen atoms in total. The fourth-order valence-corrected chi connectivity index (χ4v) is 5.55. The predicted molar refractivity (Wildman–Crippen MR) is 162 cm³/mol. The van der Waals surface area contributed by atoms with Crippen LogP contribution in [0.2, 0.25) is 10.0 Å². The van der Waals surface area contributed by atoms with Gasteiger partial charge in [-0.15, -0.1) is 0 Å². The van der Waals surface area contributed by atoms with Crippen LogP contribution in [-0.4, -0.2) is 50.0 Å². The zero-order chi connectivity index (χ0) is 29.4. The molecule has 3 aromatic carbocycles. The first-order valence-corrected chi connectivity index (χ1v) is 15.6. The van der Waals surface area contributed by atoms with Crippen molar-refractivity contribution in [2.75, 3.05) is 17.1 Å². The quantitative estimate of drug-likeness (QED) is 0.291. The Labute approximate surface area is 247 Å². The SMILES string of the molecule is CCC(C)NC(=O)C(Cc1ccccc1)N(Cc1cccc(Cl)c1)C(=O)CN(c1cc(Cl)ccc1C)S(C)(=O)=O. The van der Waals surface area contributed by atoms with Gasteiger partial charge in [-0.05, 0) is 61.2 Å². The summed E-state index contributed by atoms with van der Waals surface area (Å²) in [5.74, 6) is -0.858. The Morgan fingerprint density at radius 1 is 0.925 bits per heavy atom. The Bertz CT molecular complexity index is 1430. The van der Waals surface area contributed by atoms with E-state index in [2.05, 4.69) is 5.32 Å². The average molecular weight is 605 g/mol. The fraction of sp³-hybridized carbons (Fsp3) is 0.333. The minimum absolute atomic E-state index is 0.0525. The summed E-state index contributed by atoms with van der Waals surface area (Å²) in [6.07, 6.45) is 1.99. The summed E-state index contributed by atoms with van der Waals surface area (Å²) < 4.78 is 26.9. The Balaban J connectivity index is 2.09. The van der Waals surface area contributed by atoms with Crippen LogP contribution < -0.4 is 9.62 Å². The van der Waals surface area contributed by atoms with E-state index < -0.39 is 28.5 Å². The lowest BCUT2D eigenvalue weighted by atomic mass is 10.0. The van der Waals surface area contributed by atoms with Gasteiger partial charge in [-0.2, -0.15) is 0 Å². The Kier molecular flexibility index (Phi) is 11.0. The van der Waals surface area contributed by atoms with Gasteiger partial charge < -0.3 is 10.2 Å². The third-order valence-electron chi connectivity index (χ3n) is 6.63. The van der Waals surface area contributed by atoms with Crippen molar-refractivity contribution in [3.63, 3.8) is 0 Å². The monoisotopic (exact) mass is 603 g/mol. The number of hydrogen-bond donors (Lipinski definition) is 1. The summed E-state index contributed by atoms with van der Waals surface area (Å²) in [4.78, 5) is 29.3. The number of nitrogens with one attached hydrogen (secondary N) is 1. The average Bonchev–Trinajstić information content (AvgIpc) is 2.90. The van der Waals surface area contributed by atoms with E-state index in [1.54, 1.807) is 37.3 Å². The zero-order valence-corrected chi connectivity index (χ0v) is 25.4. The van der Waals surface area contributed by atoms with Gasteiger partial charge >= 0.3 is 0 Å². The van der Waals surface area contributed by atoms with Gasteiger partial charge in [0.25, 0.3) is 0 Å². The molecule has 0 spiro atoms. The van der Waals surface area contributed by atoms with Crippen LogP contribution >= 0.6 is 23.2 Å². The highest BCUT2D eigenvalue weighted by atomic mass is 35.5. The molecule has 3 aromatic rings. The molecule has 10 heteroatoms. The molecule has 0 aliphatic heterocycles. The summed E-state index contributed by atoms with van der Waals surface area (Å²) in [5.41, 5.74) is 2.51. The Morgan fingerprint density at radius 3 is 2.20 bits per heavy atom. The maximum Gasteiger partial charge on any atom is 0.244 e. The summed E-state index contributed by atoms with van der Waals surface area (Å²) in [5, 5.41) is 3.83. The van der Waals surface area contributed by atoms with E-state index in [0.717, 1.165) is 16.1 Å². The fourth-order valence-electron chi connectivity index (χ4n) is 4.27. The number of nitrogens with zero attached hydrogens (tertiary/aromatic N) is 2. The lowest BCUT2D eigenvalue weighted by Gasteiger charge is -2.34. The van der Waals surface area contributed by atoms with E-state index in [-0.39, 0.29) is 24.9 Å². The normalized spacial score (nSPS) is 12.8. The topological polar surface area (TPSA) is 86.8 Å². The predicted octanol–water partition coefficient (Wildman–Crippen LogP) is 5.62. The molecule has 0 aliphatic carbocycles. The molecule has 3 rings (SSSR count). The molecule has 2 atom stereocenters. The first kappa shape index (κ1) is 31.5. The van der Waals surface area contributed by atoms with E-state index >= 15 is 0 Å². The minimum Gasteiger partial charge on any atom is -0.352 e. The van der Waals surface area contributed by atoms with Gasteiger partial charge in [0.15, 0.2) is 0 Å². The van der Waals surface area contributed by atoms with Crippen LogP contribution in [0.3, 0.4) is 0 Å². The molecule has 0 aliphatic rings. The third kappa shape index (κ3) is 8.71. The van der Waals surface area contributed by atoms with Gasteiger partial charge in [0.05, 0.1) is 11.9 Å². The molecular formula is C30H35Cl2N3O4S. The molecule has 0 fully saturated rings. The first-order valence-electron chi connectivity index (χ1n) is 13.0. The second-order valence-corrected chi connectivity index (χ2v) is 12.7. The molecule has 0 heterocycles. The van der Waals surface area contributed by atoms with Crippen molar-refractivity contribution < 1.29 is 18.0 Å².